The van der Waals surface area contributed by atoms with Crippen LogP contribution in [0.2, 0.25) is 0 Å². The Balaban J connectivity index is 2.56. The van der Waals surface area contributed by atoms with E-state index in [1.165, 1.54) is 6.07 Å². The number of nitrogens with two attached hydrogens (primary N) is 1. The third-order valence-electron chi connectivity index (χ3n) is 2.28. The van der Waals surface area contributed by atoms with Gasteiger partial charge in [-0.3, -0.25) is 10.1 Å². The number of aromatic nitrogens is 2. The molecule has 0 atom stereocenters. The lowest BCUT2D eigenvalue weighted by atomic mass is 10.2. The van der Waals surface area contributed by atoms with Crippen LogP contribution >= 0.6 is 22.6 Å². The molecule has 2 rings (SSSR count). The predicted octanol–water partition coefficient (Wildman–Crippen LogP) is 2.37. The van der Waals surface area contributed by atoms with Crippen molar-refractivity contribution in [2.24, 2.45) is 0 Å². The van der Waals surface area contributed by atoms with Gasteiger partial charge in [0.15, 0.2) is 0 Å². The first-order valence-electron chi connectivity index (χ1n) is 5.26. The van der Waals surface area contributed by atoms with Crippen LogP contribution in [-0.4, -0.2) is 14.9 Å². The Bertz CT molecular complexity index is 777. The molecule has 0 aliphatic carbocycles. The lowest BCUT2D eigenvalue weighted by Crippen LogP contribution is -2.02. The van der Waals surface area contributed by atoms with Crippen molar-refractivity contribution in [1.82, 2.24) is 9.97 Å². The number of nitrogen functional groups attached to an aromatic ring is 1. The molecule has 0 fully saturated rings. The number of hydrogen-bond donors (Lipinski definition) is 1. The summed E-state index contributed by atoms with van der Waals surface area (Å²) in [5, 5.41) is 19.9. The van der Waals surface area contributed by atoms with Gasteiger partial charge in [-0.1, -0.05) is 0 Å². The van der Waals surface area contributed by atoms with E-state index in [-0.39, 0.29) is 20.8 Å². The first-order valence-corrected chi connectivity index (χ1v) is 6.34. The standard InChI is InChI=1S/C11H5FIN5O3/c12-6-4-16-11(15)17-10(6)21-9-7(13)1-5(3-14)2-8(9)18(19)20/h1-2,4H,(H2,15,16,17). The largest absolute Gasteiger partial charge is 0.428 e. The zero-order valence-electron chi connectivity index (χ0n) is 10.1. The minimum absolute atomic E-state index is 0.0844. The molecule has 2 N–H and O–H groups in total. The summed E-state index contributed by atoms with van der Waals surface area (Å²) in [4.78, 5) is 17.3. The molecular formula is C11H5FIN5O3. The third kappa shape index (κ3) is 3.14. The van der Waals surface area contributed by atoms with Gasteiger partial charge in [0, 0.05) is 6.07 Å². The summed E-state index contributed by atoms with van der Waals surface area (Å²) < 4.78 is 18.9. The normalized spacial score (nSPS) is 9.95. The van der Waals surface area contributed by atoms with E-state index < -0.39 is 22.3 Å². The van der Waals surface area contributed by atoms with E-state index in [9.17, 15) is 14.5 Å². The molecule has 0 spiro atoms. The highest BCUT2D eigenvalue weighted by molar-refractivity contribution is 14.1. The number of nitrogens with zero attached hydrogens (tertiary/aromatic N) is 4. The van der Waals surface area contributed by atoms with Crippen LogP contribution in [0.4, 0.5) is 16.0 Å². The molecule has 0 saturated carbocycles. The SMILES string of the molecule is N#Cc1cc(I)c(Oc2nc(N)ncc2F)c([N+](=O)[O-])c1. The molecule has 0 bridgehead atoms. The Morgan fingerprint density at radius 3 is 2.86 bits per heavy atom. The zero-order chi connectivity index (χ0) is 15.6. The maximum Gasteiger partial charge on any atom is 0.314 e. The molecule has 0 aliphatic heterocycles. The van der Waals surface area contributed by atoms with Gasteiger partial charge < -0.3 is 10.5 Å². The minimum Gasteiger partial charge on any atom is -0.428 e. The van der Waals surface area contributed by atoms with Crippen molar-refractivity contribution in [1.29, 1.82) is 5.26 Å². The molecule has 2 aromatic rings. The molecule has 8 nitrogen and oxygen atoms in total. The number of nitro groups is 1. The van der Waals surface area contributed by atoms with Gasteiger partial charge in [0.05, 0.1) is 26.3 Å². The Morgan fingerprint density at radius 1 is 1.52 bits per heavy atom. The van der Waals surface area contributed by atoms with E-state index in [0.717, 1.165) is 12.3 Å². The van der Waals surface area contributed by atoms with E-state index >= 15 is 0 Å². The smallest absolute Gasteiger partial charge is 0.314 e. The summed E-state index contributed by atoms with van der Waals surface area (Å²) >= 11 is 1.74. The molecule has 21 heavy (non-hydrogen) atoms. The zero-order valence-corrected chi connectivity index (χ0v) is 12.2. The minimum atomic E-state index is -0.918. The Morgan fingerprint density at radius 2 is 2.24 bits per heavy atom. The monoisotopic (exact) mass is 401 g/mol. The van der Waals surface area contributed by atoms with Crippen molar-refractivity contribution in [2.75, 3.05) is 5.73 Å². The van der Waals surface area contributed by atoms with E-state index in [1.807, 2.05) is 0 Å². The second-order valence-corrected chi connectivity index (χ2v) is 4.82. The van der Waals surface area contributed by atoms with E-state index in [1.54, 1.807) is 28.7 Å². The summed E-state index contributed by atoms with van der Waals surface area (Å²) in [7, 11) is 0. The predicted molar refractivity (Wildman–Crippen MR) is 77.0 cm³/mol. The van der Waals surface area contributed by atoms with Crippen molar-refractivity contribution in [3.8, 4) is 17.7 Å². The molecule has 0 amide bonds. The Labute approximate surface area is 130 Å². The van der Waals surface area contributed by atoms with E-state index in [0.29, 0.717) is 0 Å². The average molecular weight is 401 g/mol. The van der Waals surface area contributed by atoms with Gasteiger partial charge in [-0.15, -0.1) is 0 Å². The number of anilines is 1. The number of nitro benzene ring substituents is 1. The van der Waals surface area contributed by atoms with Crippen LogP contribution in [0.15, 0.2) is 18.3 Å². The van der Waals surface area contributed by atoms with E-state index in [2.05, 4.69) is 9.97 Å². The first-order chi connectivity index (χ1) is 9.92. The van der Waals surface area contributed by atoms with Gasteiger partial charge in [0.25, 0.3) is 5.88 Å². The summed E-state index contributed by atoms with van der Waals surface area (Å²) in [6.07, 6.45) is 0.792. The van der Waals surface area contributed by atoms with Crippen molar-refractivity contribution in [3.63, 3.8) is 0 Å². The lowest BCUT2D eigenvalue weighted by Gasteiger charge is -2.08. The van der Waals surface area contributed by atoms with Crippen LogP contribution in [0.3, 0.4) is 0 Å². The fraction of sp³-hybridized carbons (Fsp3) is 0. The van der Waals surface area contributed by atoms with Crippen LogP contribution in [0.1, 0.15) is 5.56 Å². The molecule has 0 unspecified atom stereocenters. The quantitative estimate of drug-likeness (QED) is 0.475. The molecule has 0 saturated heterocycles. The second kappa shape index (κ2) is 5.83. The second-order valence-electron chi connectivity index (χ2n) is 3.66. The summed E-state index contributed by atoms with van der Waals surface area (Å²) in [5.74, 6) is -1.92. The average Bonchev–Trinajstić information content (AvgIpc) is 2.44. The summed E-state index contributed by atoms with van der Waals surface area (Å²) in [5.41, 5.74) is 4.92. The number of benzene rings is 1. The number of rotatable bonds is 3. The number of halogens is 2. The first kappa shape index (κ1) is 14.9. The highest BCUT2D eigenvalue weighted by atomic mass is 127. The van der Waals surface area contributed by atoms with Crippen LogP contribution < -0.4 is 10.5 Å². The van der Waals surface area contributed by atoms with Crippen LogP contribution in [0.5, 0.6) is 11.6 Å². The van der Waals surface area contributed by atoms with Gasteiger partial charge in [0.1, 0.15) is 0 Å². The number of nitriles is 1. The Kier molecular flexibility index (Phi) is 4.13. The molecule has 1 aromatic heterocycles. The van der Waals surface area contributed by atoms with Gasteiger partial charge in [-0.05, 0) is 28.7 Å². The maximum absolute atomic E-state index is 13.5. The summed E-state index contributed by atoms with van der Waals surface area (Å²) in [6.45, 7) is 0. The van der Waals surface area contributed by atoms with Crippen LogP contribution in [-0.2, 0) is 0 Å². The van der Waals surface area contributed by atoms with E-state index in [4.69, 9.17) is 15.7 Å². The number of ether oxygens (including phenoxy) is 1. The highest BCUT2D eigenvalue weighted by Gasteiger charge is 2.23. The topological polar surface area (TPSA) is 128 Å². The van der Waals surface area contributed by atoms with Crippen molar-refractivity contribution < 1.29 is 14.1 Å². The fourth-order valence-corrected chi connectivity index (χ4v) is 2.13. The lowest BCUT2D eigenvalue weighted by molar-refractivity contribution is -0.385. The summed E-state index contributed by atoms with van der Waals surface area (Å²) in [6, 6.07) is 4.18. The Hall–Kier alpha value is -2.55. The molecule has 0 radical (unpaired) electrons. The maximum atomic E-state index is 13.5. The van der Waals surface area contributed by atoms with Gasteiger partial charge in [-0.25, -0.2) is 4.98 Å². The fourth-order valence-electron chi connectivity index (χ4n) is 1.41. The third-order valence-corrected chi connectivity index (χ3v) is 3.08. The molecule has 10 heteroatoms. The van der Waals surface area contributed by atoms with Gasteiger partial charge in [-0.2, -0.15) is 14.6 Å². The van der Waals surface area contributed by atoms with Crippen LogP contribution in [0, 0.1) is 30.8 Å². The van der Waals surface area contributed by atoms with Crippen molar-refractivity contribution in [3.05, 3.63) is 43.4 Å². The highest BCUT2D eigenvalue weighted by Crippen LogP contribution is 2.37. The van der Waals surface area contributed by atoms with Crippen molar-refractivity contribution in [2.45, 2.75) is 0 Å². The van der Waals surface area contributed by atoms with Gasteiger partial charge in [0.2, 0.25) is 17.5 Å². The number of hydrogen-bond acceptors (Lipinski definition) is 7. The molecule has 0 aliphatic rings. The molecular weight excluding hydrogens is 396 g/mol. The molecule has 1 aromatic carbocycles. The molecule has 106 valence electrons. The van der Waals surface area contributed by atoms with Gasteiger partial charge >= 0.3 is 5.69 Å². The van der Waals surface area contributed by atoms with Crippen LogP contribution in [0.25, 0.3) is 0 Å². The van der Waals surface area contributed by atoms with Crippen molar-refractivity contribution >= 4 is 34.2 Å². The molecule has 1 heterocycles.